The minimum absolute atomic E-state index is 0. The second-order valence-electron chi connectivity index (χ2n) is 3.07. The maximum absolute atomic E-state index is 4.27. The number of pyridine rings is 1. The van der Waals surface area contributed by atoms with Crippen LogP contribution in [0, 0.1) is 0 Å². The summed E-state index contributed by atoms with van der Waals surface area (Å²) in [7, 11) is 0. The molecule has 1 nitrogen and oxygen atoms in total. The van der Waals surface area contributed by atoms with E-state index in [0.29, 0.717) is 4.83 Å². The zero-order valence-corrected chi connectivity index (χ0v) is 11.1. The summed E-state index contributed by atoms with van der Waals surface area (Å²) in [4.78, 5) is 4.67. The molecule has 2 rings (SSSR count). The molecule has 0 radical (unpaired) electrons. The molecule has 0 amide bonds. The van der Waals surface area contributed by atoms with Gasteiger partial charge in [-0.3, -0.25) is 4.98 Å². The molecule has 0 N–H and O–H groups in total. The molecule has 0 saturated carbocycles. The lowest BCUT2D eigenvalue weighted by Crippen LogP contribution is -1.84. The fourth-order valence-corrected chi connectivity index (χ4v) is 1.63. The number of halogens is 2. The Balaban J connectivity index is 0.000000980. The SMILES string of the molecule is Br.CC(Br)c1ccc2ncccc2c1. The van der Waals surface area contributed by atoms with Crippen molar-refractivity contribution in [3.05, 3.63) is 42.1 Å². The fraction of sp³-hybridized carbons (Fsp3) is 0.182. The molecule has 74 valence electrons. The molecule has 1 aromatic carbocycles. The van der Waals surface area contributed by atoms with Crippen molar-refractivity contribution in [1.29, 1.82) is 0 Å². The molecule has 14 heavy (non-hydrogen) atoms. The summed E-state index contributed by atoms with van der Waals surface area (Å²) in [6.45, 7) is 2.12. The Morgan fingerprint density at radius 3 is 2.79 bits per heavy atom. The van der Waals surface area contributed by atoms with Crippen molar-refractivity contribution in [2.75, 3.05) is 0 Å². The first-order valence-electron chi connectivity index (χ1n) is 4.26. The molecule has 0 bridgehead atoms. The Bertz CT molecular complexity index is 426. The van der Waals surface area contributed by atoms with Crippen LogP contribution in [0.4, 0.5) is 0 Å². The van der Waals surface area contributed by atoms with Gasteiger partial charge in [0.2, 0.25) is 0 Å². The van der Waals surface area contributed by atoms with Crippen LogP contribution in [0.15, 0.2) is 36.5 Å². The maximum atomic E-state index is 4.27. The van der Waals surface area contributed by atoms with Gasteiger partial charge >= 0.3 is 0 Å². The zero-order valence-electron chi connectivity index (χ0n) is 7.77. The fourth-order valence-electron chi connectivity index (χ4n) is 1.34. The Kier molecular flexibility index (Phi) is 4.08. The largest absolute Gasteiger partial charge is 0.256 e. The van der Waals surface area contributed by atoms with E-state index < -0.39 is 0 Å². The lowest BCUT2D eigenvalue weighted by molar-refractivity contribution is 1.13. The number of hydrogen-bond donors (Lipinski definition) is 0. The Labute approximate surface area is 102 Å². The summed E-state index contributed by atoms with van der Waals surface area (Å²) < 4.78 is 0. The van der Waals surface area contributed by atoms with Crippen molar-refractivity contribution in [2.45, 2.75) is 11.8 Å². The summed E-state index contributed by atoms with van der Waals surface area (Å²) in [6.07, 6.45) is 1.82. The van der Waals surface area contributed by atoms with Gasteiger partial charge in [0, 0.05) is 16.4 Å². The summed E-state index contributed by atoms with van der Waals surface area (Å²) in [5.74, 6) is 0. The van der Waals surface area contributed by atoms with E-state index >= 15 is 0 Å². The molecule has 0 fully saturated rings. The number of aromatic nitrogens is 1. The predicted octanol–water partition coefficient (Wildman–Crippen LogP) is 4.27. The van der Waals surface area contributed by atoms with Crippen LogP contribution in [0.25, 0.3) is 10.9 Å². The van der Waals surface area contributed by atoms with Gasteiger partial charge < -0.3 is 0 Å². The van der Waals surface area contributed by atoms with E-state index in [-0.39, 0.29) is 17.0 Å². The average Bonchev–Trinajstić information content (AvgIpc) is 2.17. The summed E-state index contributed by atoms with van der Waals surface area (Å²) in [5.41, 5.74) is 2.35. The minimum atomic E-state index is 0. The second-order valence-corrected chi connectivity index (χ2v) is 4.45. The number of benzene rings is 1. The summed E-state index contributed by atoms with van der Waals surface area (Å²) in [5, 5.41) is 1.20. The Morgan fingerprint density at radius 2 is 2.07 bits per heavy atom. The third-order valence-corrected chi connectivity index (χ3v) is 2.62. The zero-order chi connectivity index (χ0) is 9.26. The molecule has 3 heteroatoms. The first kappa shape index (κ1) is 11.7. The predicted molar refractivity (Wildman–Crippen MR) is 69.4 cm³/mol. The molecule has 0 aliphatic carbocycles. The molecule has 1 atom stereocenters. The van der Waals surface area contributed by atoms with Crippen LogP contribution in [0.1, 0.15) is 17.3 Å². The Hall–Kier alpha value is -0.410. The van der Waals surface area contributed by atoms with Gasteiger partial charge in [-0.15, -0.1) is 17.0 Å². The van der Waals surface area contributed by atoms with E-state index in [2.05, 4.69) is 52.1 Å². The van der Waals surface area contributed by atoms with Gasteiger partial charge in [-0.05, 0) is 30.7 Å². The van der Waals surface area contributed by atoms with E-state index in [1.807, 2.05) is 12.3 Å². The van der Waals surface area contributed by atoms with Gasteiger partial charge in [-0.25, -0.2) is 0 Å². The third kappa shape index (κ3) is 2.34. The number of alkyl halides is 1. The lowest BCUT2D eigenvalue weighted by Gasteiger charge is -2.04. The van der Waals surface area contributed by atoms with Crippen molar-refractivity contribution in [3.63, 3.8) is 0 Å². The van der Waals surface area contributed by atoms with E-state index in [9.17, 15) is 0 Å². The van der Waals surface area contributed by atoms with Crippen molar-refractivity contribution in [3.8, 4) is 0 Å². The van der Waals surface area contributed by atoms with Crippen LogP contribution >= 0.6 is 32.9 Å². The minimum Gasteiger partial charge on any atom is -0.256 e. The van der Waals surface area contributed by atoms with Gasteiger partial charge in [0.25, 0.3) is 0 Å². The van der Waals surface area contributed by atoms with Crippen LogP contribution in [0.5, 0.6) is 0 Å². The van der Waals surface area contributed by atoms with Gasteiger partial charge in [-0.1, -0.05) is 28.1 Å². The van der Waals surface area contributed by atoms with Crippen LogP contribution in [0.2, 0.25) is 0 Å². The maximum Gasteiger partial charge on any atom is 0.0702 e. The van der Waals surface area contributed by atoms with E-state index in [0.717, 1.165) is 5.52 Å². The summed E-state index contributed by atoms with van der Waals surface area (Å²) in [6, 6.07) is 10.4. The van der Waals surface area contributed by atoms with Crippen molar-refractivity contribution < 1.29 is 0 Å². The van der Waals surface area contributed by atoms with Crippen molar-refractivity contribution in [2.24, 2.45) is 0 Å². The topological polar surface area (TPSA) is 12.9 Å². The first-order chi connectivity index (χ1) is 6.27. The molecule has 1 heterocycles. The monoisotopic (exact) mass is 315 g/mol. The van der Waals surface area contributed by atoms with E-state index in [4.69, 9.17) is 0 Å². The molecule has 1 aromatic heterocycles. The van der Waals surface area contributed by atoms with Gasteiger partial charge in [0.05, 0.1) is 5.52 Å². The quantitative estimate of drug-likeness (QED) is 0.716. The standard InChI is InChI=1S/C11H10BrN.BrH/c1-8(12)9-4-5-11-10(7-9)3-2-6-13-11;/h2-8H,1H3;1H. The molecule has 0 spiro atoms. The van der Waals surface area contributed by atoms with Gasteiger partial charge in [0.1, 0.15) is 0 Å². The van der Waals surface area contributed by atoms with E-state index in [1.54, 1.807) is 0 Å². The van der Waals surface area contributed by atoms with Crippen molar-refractivity contribution in [1.82, 2.24) is 4.98 Å². The first-order valence-corrected chi connectivity index (χ1v) is 5.18. The average molecular weight is 317 g/mol. The second kappa shape index (κ2) is 4.89. The van der Waals surface area contributed by atoms with Crippen molar-refractivity contribution >= 4 is 43.8 Å². The van der Waals surface area contributed by atoms with E-state index in [1.165, 1.54) is 10.9 Å². The highest BCUT2D eigenvalue weighted by Gasteiger charge is 2.01. The van der Waals surface area contributed by atoms with Gasteiger partial charge in [0.15, 0.2) is 0 Å². The number of rotatable bonds is 1. The molecular formula is C11H11Br2N. The van der Waals surface area contributed by atoms with Gasteiger partial charge in [-0.2, -0.15) is 0 Å². The number of hydrogen-bond acceptors (Lipinski definition) is 1. The number of fused-ring (bicyclic) bond motifs is 1. The molecule has 0 aliphatic rings. The normalized spacial score (nSPS) is 12.1. The molecule has 0 aliphatic heterocycles. The highest BCUT2D eigenvalue weighted by Crippen LogP contribution is 2.24. The molecule has 0 saturated heterocycles. The van der Waals surface area contributed by atoms with Crippen LogP contribution < -0.4 is 0 Å². The molecular weight excluding hydrogens is 306 g/mol. The summed E-state index contributed by atoms with van der Waals surface area (Å²) >= 11 is 3.55. The molecule has 1 unspecified atom stereocenters. The van der Waals surface area contributed by atoms with Crippen LogP contribution in [0.3, 0.4) is 0 Å². The molecule has 2 aromatic rings. The lowest BCUT2D eigenvalue weighted by atomic mass is 10.1. The van der Waals surface area contributed by atoms with Crippen LogP contribution in [-0.4, -0.2) is 4.98 Å². The highest BCUT2D eigenvalue weighted by molar-refractivity contribution is 9.09. The third-order valence-electron chi connectivity index (χ3n) is 2.09. The highest BCUT2D eigenvalue weighted by atomic mass is 79.9. The number of nitrogens with zero attached hydrogens (tertiary/aromatic N) is 1. The van der Waals surface area contributed by atoms with Crippen LogP contribution in [-0.2, 0) is 0 Å². The smallest absolute Gasteiger partial charge is 0.0702 e. The Morgan fingerprint density at radius 1 is 1.29 bits per heavy atom.